The van der Waals surface area contributed by atoms with E-state index in [-0.39, 0.29) is 17.8 Å². The quantitative estimate of drug-likeness (QED) is 0.922. The van der Waals surface area contributed by atoms with E-state index in [0.717, 1.165) is 12.1 Å². The number of aryl methyl sites for hydroxylation is 1. The molecular weight excluding hydrogens is 341 g/mol. The van der Waals surface area contributed by atoms with E-state index in [1.54, 1.807) is 7.05 Å². The van der Waals surface area contributed by atoms with Crippen molar-refractivity contribution in [1.82, 2.24) is 20.2 Å². The number of tetrazole rings is 1. The Hall–Kier alpha value is -1.48. The maximum atomic E-state index is 12.7. The van der Waals surface area contributed by atoms with E-state index in [1.807, 2.05) is 0 Å². The van der Waals surface area contributed by atoms with Gasteiger partial charge in [0.05, 0.1) is 18.7 Å². The van der Waals surface area contributed by atoms with E-state index >= 15 is 0 Å². The highest BCUT2D eigenvalue weighted by atomic mass is 79.9. The van der Waals surface area contributed by atoms with Gasteiger partial charge in [0.2, 0.25) is 0 Å². The molecule has 0 aliphatic rings. The zero-order chi connectivity index (χ0) is 14.9. The van der Waals surface area contributed by atoms with Crippen molar-refractivity contribution in [1.29, 1.82) is 0 Å². The molecule has 0 radical (unpaired) electrons. The predicted molar refractivity (Wildman–Crippen MR) is 66.6 cm³/mol. The van der Waals surface area contributed by atoms with Crippen LogP contribution in [0.4, 0.5) is 13.2 Å². The summed E-state index contributed by atoms with van der Waals surface area (Å²) in [6, 6.07) is 3.11. The van der Waals surface area contributed by atoms with Crippen LogP contribution < -0.4 is 0 Å². The summed E-state index contributed by atoms with van der Waals surface area (Å²) in [6.07, 6.45) is -5.64. The second-order valence-corrected chi connectivity index (χ2v) is 5.00. The lowest BCUT2D eigenvalue weighted by atomic mass is 10.0. The standard InChI is InChI=1S/C11H10BrF3N4O/c1-19-17-10(16-18-19)5-9(20)7-4-6(11(13,14)15)2-3-8(7)12/h2-4,9,20H,5H2,1H3. The molecule has 1 N–H and O–H groups in total. The lowest BCUT2D eigenvalue weighted by molar-refractivity contribution is -0.137. The highest BCUT2D eigenvalue weighted by Gasteiger charge is 2.31. The van der Waals surface area contributed by atoms with Gasteiger partial charge in [0.1, 0.15) is 0 Å². The first kappa shape index (κ1) is 14.9. The monoisotopic (exact) mass is 350 g/mol. The van der Waals surface area contributed by atoms with Gasteiger partial charge in [-0.15, -0.1) is 10.2 Å². The van der Waals surface area contributed by atoms with Crippen molar-refractivity contribution >= 4 is 15.9 Å². The van der Waals surface area contributed by atoms with Gasteiger partial charge in [0, 0.05) is 10.9 Å². The summed E-state index contributed by atoms with van der Waals surface area (Å²) in [7, 11) is 1.56. The summed E-state index contributed by atoms with van der Waals surface area (Å²) < 4.78 is 38.4. The molecule has 0 bridgehead atoms. The number of hydrogen-bond acceptors (Lipinski definition) is 4. The molecular formula is C11H10BrF3N4O. The van der Waals surface area contributed by atoms with Crippen molar-refractivity contribution in [2.45, 2.75) is 18.7 Å². The number of aromatic nitrogens is 4. The van der Waals surface area contributed by atoms with Gasteiger partial charge >= 0.3 is 6.18 Å². The van der Waals surface area contributed by atoms with Crippen LogP contribution in [-0.2, 0) is 19.6 Å². The van der Waals surface area contributed by atoms with Gasteiger partial charge in [-0.3, -0.25) is 0 Å². The van der Waals surface area contributed by atoms with Gasteiger partial charge in [-0.05, 0) is 29.0 Å². The lowest BCUT2D eigenvalue weighted by Gasteiger charge is -2.14. The van der Waals surface area contributed by atoms with Crippen molar-refractivity contribution in [3.8, 4) is 0 Å². The molecule has 2 rings (SSSR count). The fraction of sp³-hybridized carbons (Fsp3) is 0.364. The highest BCUT2D eigenvalue weighted by Crippen LogP contribution is 2.34. The molecule has 9 heteroatoms. The second-order valence-electron chi connectivity index (χ2n) is 4.15. The van der Waals surface area contributed by atoms with Crippen LogP contribution in [0, 0.1) is 0 Å². The molecule has 1 atom stereocenters. The molecule has 0 saturated carbocycles. The molecule has 1 aromatic heterocycles. The number of halogens is 4. The largest absolute Gasteiger partial charge is 0.416 e. The third-order valence-electron chi connectivity index (χ3n) is 2.61. The fourth-order valence-electron chi connectivity index (χ4n) is 1.66. The van der Waals surface area contributed by atoms with Crippen LogP contribution in [0.2, 0.25) is 0 Å². The number of nitrogens with zero attached hydrogens (tertiary/aromatic N) is 4. The van der Waals surface area contributed by atoms with Gasteiger partial charge in [0.25, 0.3) is 0 Å². The number of aliphatic hydroxyl groups is 1. The Morgan fingerprint density at radius 3 is 2.65 bits per heavy atom. The average molecular weight is 351 g/mol. The maximum absolute atomic E-state index is 12.7. The first-order chi connectivity index (χ1) is 9.27. The van der Waals surface area contributed by atoms with Gasteiger partial charge in [-0.2, -0.15) is 18.0 Å². The van der Waals surface area contributed by atoms with Gasteiger partial charge in [0.15, 0.2) is 5.82 Å². The Balaban J connectivity index is 2.27. The molecule has 108 valence electrons. The molecule has 0 spiro atoms. The molecule has 1 unspecified atom stereocenters. The minimum atomic E-state index is -4.46. The summed E-state index contributed by atoms with van der Waals surface area (Å²) in [5.41, 5.74) is -0.686. The third-order valence-corrected chi connectivity index (χ3v) is 3.33. The predicted octanol–water partition coefficient (Wildman–Crippen LogP) is 2.27. The van der Waals surface area contributed by atoms with Crippen LogP contribution in [0.1, 0.15) is 23.1 Å². The molecule has 20 heavy (non-hydrogen) atoms. The number of aliphatic hydroxyl groups excluding tert-OH is 1. The molecule has 2 aromatic rings. The Morgan fingerprint density at radius 1 is 1.40 bits per heavy atom. The molecule has 0 fully saturated rings. The first-order valence-corrected chi connectivity index (χ1v) is 6.34. The summed E-state index contributed by atoms with van der Waals surface area (Å²) in [5.74, 6) is 0.254. The minimum Gasteiger partial charge on any atom is -0.388 e. The van der Waals surface area contributed by atoms with Crippen LogP contribution in [0.3, 0.4) is 0 Å². The van der Waals surface area contributed by atoms with Gasteiger partial charge < -0.3 is 5.11 Å². The van der Waals surface area contributed by atoms with Crippen molar-refractivity contribution in [2.24, 2.45) is 7.05 Å². The van der Waals surface area contributed by atoms with Gasteiger partial charge in [-0.1, -0.05) is 15.9 Å². The number of alkyl halides is 3. The topological polar surface area (TPSA) is 63.8 Å². The van der Waals surface area contributed by atoms with Crippen LogP contribution >= 0.6 is 15.9 Å². The van der Waals surface area contributed by atoms with Crippen molar-refractivity contribution in [2.75, 3.05) is 0 Å². The smallest absolute Gasteiger partial charge is 0.388 e. The third kappa shape index (κ3) is 3.34. The molecule has 5 nitrogen and oxygen atoms in total. The Morgan fingerprint density at radius 2 is 2.10 bits per heavy atom. The molecule has 1 heterocycles. The summed E-state index contributed by atoms with van der Waals surface area (Å²) in [4.78, 5) is 1.21. The zero-order valence-corrected chi connectivity index (χ0v) is 11.9. The Labute approximate surface area is 120 Å². The zero-order valence-electron chi connectivity index (χ0n) is 10.3. The fourth-order valence-corrected chi connectivity index (χ4v) is 2.17. The van der Waals surface area contributed by atoms with E-state index in [0.29, 0.717) is 4.47 Å². The van der Waals surface area contributed by atoms with Crippen LogP contribution in [0.15, 0.2) is 22.7 Å². The number of benzene rings is 1. The SMILES string of the molecule is Cn1nnc(CC(O)c2cc(C(F)(F)F)ccc2Br)n1. The molecule has 0 saturated heterocycles. The van der Waals surface area contributed by atoms with Crippen LogP contribution in [0.5, 0.6) is 0 Å². The normalized spacial score (nSPS) is 13.5. The number of rotatable bonds is 3. The van der Waals surface area contributed by atoms with E-state index in [1.165, 1.54) is 10.9 Å². The van der Waals surface area contributed by atoms with E-state index in [9.17, 15) is 18.3 Å². The van der Waals surface area contributed by atoms with Crippen molar-refractivity contribution < 1.29 is 18.3 Å². The van der Waals surface area contributed by atoms with Crippen LogP contribution in [-0.4, -0.2) is 25.3 Å². The van der Waals surface area contributed by atoms with Crippen molar-refractivity contribution in [3.05, 3.63) is 39.6 Å². The van der Waals surface area contributed by atoms with E-state index in [2.05, 4.69) is 31.3 Å². The van der Waals surface area contributed by atoms with Crippen molar-refractivity contribution in [3.63, 3.8) is 0 Å². The van der Waals surface area contributed by atoms with Crippen LogP contribution in [0.25, 0.3) is 0 Å². The van der Waals surface area contributed by atoms with Gasteiger partial charge in [-0.25, -0.2) is 0 Å². The summed E-state index contributed by atoms with van der Waals surface area (Å²) in [6.45, 7) is 0. The first-order valence-electron chi connectivity index (χ1n) is 5.55. The molecule has 0 aliphatic carbocycles. The molecule has 0 aliphatic heterocycles. The molecule has 1 aromatic carbocycles. The Kier molecular flexibility index (Phi) is 4.09. The summed E-state index contributed by atoms with van der Waals surface area (Å²) >= 11 is 3.13. The van der Waals surface area contributed by atoms with E-state index < -0.39 is 17.8 Å². The second kappa shape index (κ2) is 5.49. The average Bonchev–Trinajstić information content (AvgIpc) is 2.73. The number of hydrogen-bond donors (Lipinski definition) is 1. The lowest BCUT2D eigenvalue weighted by Crippen LogP contribution is -2.09. The summed E-state index contributed by atoms with van der Waals surface area (Å²) in [5, 5.41) is 21.2. The highest BCUT2D eigenvalue weighted by molar-refractivity contribution is 9.10. The van der Waals surface area contributed by atoms with E-state index in [4.69, 9.17) is 0 Å². The molecule has 0 amide bonds. The minimum absolute atomic E-state index is 0.0201. The Bertz CT molecular complexity index is 614. The maximum Gasteiger partial charge on any atom is 0.416 e.